The summed E-state index contributed by atoms with van der Waals surface area (Å²) < 4.78 is 5.70. The molecule has 26 heavy (non-hydrogen) atoms. The summed E-state index contributed by atoms with van der Waals surface area (Å²) in [4.78, 5) is 20.6. The first-order valence-corrected chi connectivity index (χ1v) is 9.88. The summed E-state index contributed by atoms with van der Waals surface area (Å²) in [6.07, 6.45) is 9.79. The Balaban J connectivity index is 1.64. The molecule has 0 bridgehead atoms. The lowest BCUT2D eigenvalue weighted by Crippen LogP contribution is -2.33. The van der Waals surface area contributed by atoms with Gasteiger partial charge in [-0.25, -0.2) is 4.98 Å². The van der Waals surface area contributed by atoms with Crippen molar-refractivity contribution in [2.24, 2.45) is 11.7 Å². The van der Waals surface area contributed by atoms with Crippen LogP contribution in [0.15, 0.2) is 6.20 Å². The van der Waals surface area contributed by atoms with Gasteiger partial charge >= 0.3 is 0 Å². The molecule has 2 fully saturated rings. The van der Waals surface area contributed by atoms with E-state index in [-0.39, 0.29) is 6.04 Å². The second-order valence-corrected chi connectivity index (χ2v) is 7.52. The van der Waals surface area contributed by atoms with Crippen molar-refractivity contribution >= 4 is 17.7 Å². The predicted octanol–water partition coefficient (Wildman–Crippen LogP) is 2.94. The topological polar surface area (TPSA) is 102 Å². The third kappa shape index (κ3) is 4.63. The van der Waals surface area contributed by atoms with Gasteiger partial charge in [-0.1, -0.05) is 6.42 Å². The Labute approximate surface area is 155 Å². The summed E-state index contributed by atoms with van der Waals surface area (Å²) in [6, 6.07) is 0.606. The summed E-state index contributed by atoms with van der Waals surface area (Å²) in [5.41, 5.74) is 5.85. The highest BCUT2D eigenvalue weighted by molar-refractivity contribution is 5.97. The van der Waals surface area contributed by atoms with Crippen molar-refractivity contribution in [3.8, 4) is 0 Å². The van der Waals surface area contributed by atoms with E-state index >= 15 is 0 Å². The molecule has 144 valence electrons. The van der Waals surface area contributed by atoms with E-state index in [2.05, 4.69) is 27.5 Å². The third-order valence-corrected chi connectivity index (χ3v) is 5.69. The number of nitrogens with zero attached hydrogens (tertiary/aromatic N) is 2. The molecule has 0 aliphatic heterocycles. The fraction of sp³-hybridized carbons (Fsp3) is 0.737. The van der Waals surface area contributed by atoms with Gasteiger partial charge in [-0.2, -0.15) is 4.98 Å². The minimum Gasteiger partial charge on any atom is -0.379 e. The van der Waals surface area contributed by atoms with Crippen LogP contribution in [0.25, 0.3) is 0 Å². The zero-order valence-electron chi connectivity index (χ0n) is 15.8. The molecule has 1 unspecified atom stereocenters. The molecule has 7 heteroatoms. The summed E-state index contributed by atoms with van der Waals surface area (Å²) >= 11 is 0. The number of aromatic nitrogens is 2. The van der Waals surface area contributed by atoms with Gasteiger partial charge in [0.1, 0.15) is 5.82 Å². The van der Waals surface area contributed by atoms with Crippen molar-refractivity contribution in [3.63, 3.8) is 0 Å². The first kappa shape index (κ1) is 18.9. The highest BCUT2D eigenvalue weighted by Crippen LogP contribution is 2.31. The van der Waals surface area contributed by atoms with Crippen LogP contribution in [-0.2, 0) is 4.74 Å². The number of carbonyl (C=O) groups is 1. The van der Waals surface area contributed by atoms with Crippen molar-refractivity contribution in [2.75, 3.05) is 17.2 Å². The van der Waals surface area contributed by atoms with Crippen LogP contribution >= 0.6 is 0 Å². The highest BCUT2D eigenvalue weighted by atomic mass is 16.5. The molecule has 3 rings (SSSR count). The maximum atomic E-state index is 11.7. The Morgan fingerprint density at radius 2 is 2.04 bits per heavy atom. The largest absolute Gasteiger partial charge is 0.379 e. The average Bonchev–Trinajstić information content (AvgIpc) is 2.55. The molecule has 1 heterocycles. The van der Waals surface area contributed by atoms with E-state index in [0.717, 1.165) is 32.3 Å². The fourth-order valence-electron chi connectivity index (χ4n) is 3.81. The van der Waals surface area contributed by atoms with E-state index < -0.39 is 5.91 Å². The molecule has 2 saturated carbocycles. The lowest BCUT2D eigenvalue weighted by Gasteiger charge is -2.32. The normalized spacial score (nSPS) is 24.5. The van der Waals surface area contributed by atoms with Gasteiger partial charge < -0.3 is 21.1 Å². The van der Waals surface area contributed by atoms with Crippen molar-refractivity contribution in [1.82, 2.24) is 9.97 Å². The van der Waals surface area contributed by atoms with Crippen molar-refractivity contribution < 1.29 is 9.53 Å². The summed E-state index contributed by atoms with van der Waals surface area (Å²) in [6.45, 7) is 4.95. The summed E-state index contributed by atoms with van der Waals surface area (Å²) in [7, 11) is 0. The van der Waals surface area contributed by atoms with Crippen molar-refractivity contribution in [2.45, 2.75) is 77.0 Å². The Morgan fingerprint density at radius 1 is 1.31 bits per heavy atom. The number of ether oxygens (including phenoxy) is 1. The van der Waals surface area contributed by atoms with Gasteiger partial charge in [-0.05, 0) is 58.3 Å². The number of hydrogen-bond donors (Lipinski definition) is 3. The van der Waals surface area contributed by atoms with Crippen LogP contribution in [-0.4, -0.2) is 40.7 Å². The van der Waals surface area contributed by atoms with Gasteiger partial charge in [0.25, 0.3) is 5.91 Å². The molecule has 7 nitrogen and oxygen atoms in total. The molecular weight excluding hydrogens is 330 g/mol. The molecule has 1 aromatic heterocycles. The van der Waals surface area contributed by atoms with E-state index in [1.165, 1.54) is 25.5 Å². The lowest BCUT2D eigenvalue weighted by atomic mass is 9.80. The molecule has 0 radical (unpaired) electrons. The van der Waals surface area contributed by atoms with Crippen LogP contribution in [0.1, 0.15) is 69.2 Å². The standard InChI is InChI=1S/C19H31N5O2/c1-3-26-15-9-7-14(8-10-15)23-19-21-11-16(17(20)25)18(24-19)22-12(2)13-5-4-6-13/h11-15H,3-10H2,1-2H3,(H2,20,25)(H2,21,22,23,24)/t12?,14-,15-. The van der Waals surface area contributed by atoms with E-state index in [0.29, 0.717) is 35.4 Å². The maximum absolute atomic E-state index is 11.7. The van der Waals surface area contributed by atoms with Gasteiger partial charge in [0, 0.05) is 24.9 Å². The van der Waals surface area contributed by atoms with Gasteiger partial charge in [0.15, 0.2) is 0 Å². The van der Waals surface area contributed by atoms with E-state index in [4.69, 9.17) is 10.5 Å². The van der Waals surface area contributed by atoms with E-state index in [9.17, 15) is 4.79 Å². The molecule has 0 spiro atoms. The number of rotatable bonds is 8. The first-order chi connectivity index (χ1) is 12.6. The number of primary amides is 1. The number of hydrogen-bond acceptors (Lipinski definition) is 6. The fourth-order valence-corrected chi connectivity index (χ4v) is 3.81. The molecule has 1 aromatic rings. The Morgan fingerprint density at radius 3 is 2.62 bits per heavy atom. The molecule has 1 atom stereocenters. The first-order valence-electron chi connectivity index (χ1n) is 9.88. The quantitative estimate of drug-likeness (QED) is 0.658. The Kier molecular flexibility index (Phi) is 6.29. The molecule has 2 aliphatic carbocycles. The van der Waals surface area contributed by atoms with Crippen LogP contribution in [0.5, 0.6) is 0 Å². The van der Waals surface area contributed by atoms with Crippen LogP contribution in [0.4, 0.5) is 11.8 Å². The monoisotopic (exact) mass is 361 g/mol. The molecular formula is C19H31N5O2. The second kappa shape index (κ2) is 8.66. The zero-order valence-corrected chi connectivity index (χ0v) is 15.8. The number of amides is 1. The predicted molar refractivity (Wildman–Crippen MR) is 102 cm³/mol. The van der Waals surface area contributed by atoms with Gasteiger partial charge in [-0.3, -0.25) is 4.79 Å². The highest BCUT2D eigenvalue weighted by Gasteiger charge is 2.26. The number of nitrogens with one attached hydrogen (secondary N) is 2. The molecule has 1 amide bonds. The molecule has 0 aromatic carbocycles. The number of nitrogens with two attached hydrogens (primary N) is 1. The minimum absolute atomic E-state index is 0.270. The molecule has 2 aliphatic rings. The molecule has 4 N–H and O–H groups in total. The summed E-state index contributed by atoms with van der Waals surface area (Å²) in [5.74, 6) is 1.23. The van der Waals surface area contributed by atoms with Crippen molar-refractivity contribution in [3.05, 3.63) is 11.8 Å². The average molecular weight is 361 g/mol. The van der Waals surface area contributed by atoms with E-state index in [1.54, 1.807) is 0 Å². The van der Waals surface area contributed by atoms with Gasteiger partial charge in [-0.15, -0.1) is 0 Å². The minimum atomic E-state index is -0.503. The second-order valence-electron chi connectivity index (χ2n) is 7.52. The third-order valence-electron chi connectivity index (χ3n) is 5.69. The van der Waals surface area contributed by atoms with Crippen LogP contribution in [0.2, 0.25) is 0 Å². The lowest BCUT2D eigenvalue weighted by molar-refractivity contribution is 0.0346. The Hall–Kier alpha value is -1.89. The van der Waals surface area contributed by atoms with Crippen molar-refractivity contribution in [1.29, 1.82) is 0 Å². The Bertz CT molecular complexity index is 612. The number of carbonyl (C=O) groups excluding carboxylic acids is 1. The van der Waals surface area contributed by atoms with Crippen LogP contribution < -0.4 is 16.4 Å². The SMILES string of the molecule is CCO[C@H]1CC[C@H](Nc2ncc(C(N)=O)c(NC(C)C3CCC3)n2)CC1. The smallest absolute Gasteiger partial charge is 0.254 e. The van der Waals surface area contributed by atoms with Crippen LogP contribution in [0.3, 0.4) is 0 Å². The number of anilines is 2. The van der Waals surface area contributed by atoms with Crippen LogP contribution in [0, 0.1) is 5.92 Å². The van der Waals surface area contributed by atoms with Gasteiger partial charge in [0.2, 0.25) is 5.95 Å². The van der Waals surface area contributed by atoms with E-state index in [1.807, 2.05) is 6.92 Å². The molecule has 0 saturated heterocycles. The maximum Gasteiger partial charge on any atom is 0.254 e. The van der Waals surface area contributed by atoms with Gasteiger partial charge in [0.05, 0.1) is 11.7 Å². The summed E-state index contributed by atoms with van der Waals surface area (Å²) in [5, 5.41) is 6.79. The zero-order chi connectivity index (χ0) is 18.5.